The van der Waals surface area contributed by atoms with Gasteiger partial charge in [-0.15, -0.1) is 11.3 Å². The first-order chi connectivity index (χ1) is 17.4. The van der Waals surface area contributed by atoms with Crippen LogP contribution in [0.4, 0.5) is 20.7 Å². The fraction of sp³-hybridized carbons (Fsp3) is 0.333. The molecule has 2 aliphatic rings. The van der Waals surface area contributed by atoms with Gasteiger partial charge in [-0.3, -0.25) is 9.69 Å². The average molecular weight is 531 g/mol. The van der Waals surface area contributed by atoms with Gasteiger partial charge in [-0.25, -0.2) is 19.2 Å². The molecule has 3 aromatic rings. The number of carbonyl (C=O) groups excluding carboxylic acids is 1. The molecule has 1 saturated heterocycles. The maximum atomic E-state index is 13.5. The van der Waals surface area contributed by atoms with Gasteiger partial charge in [0.05, 0.1) is 17.0 Å². The van der Waals surface area contributed by atoms with Crippen molar-refractivity contribution in [2.24, 2.45) is 0 Å². The average Bonchev–Trinajstić information content (AvgIpc) is 3.25. The van der Waals surface area contributed by atoms with Crippen LogP contribution in [0.2, 0.25) is 5.02 Å². The molecule has 2 amide bonds. The van der Waals surface area contributed by atoms with Gasteiger partial charge in [-0.05, 0) is 30.2 Å². The van der Waals surface area contributed by atoms with E-state index in [-0.39, 0.29) is 10.9 Å². The van der Waals surface area contributed by atoms with E-state index in [1.807, 2.05) is 11.0 Å². The van der Waals surface area contributed by atoms with Crippen molar-refractivity contribution in [3.63, 3.8) is 0 Å². The van der Waals surface area contributed by atoms with Crippen LogP contribution < -0.4 is 5.32 Å². The Balaban J connectivity index is 1.24. The number of hydrogen-bond donors (Lipinski definition) is 2. The highest BCUT2D eigenvalue weighted by Gasteiger charge is 2.26. The Labute approximate surface area is 215 Å². The largest absolute Gasteiger partial charge is 0.465 e. The van der Waals surface area contributed by atoms with Crippen LogP contribution in [-0.4, -0.2) is 81.0 Å². The molecule has 0 saturated carbocycles. The summed E-state index contributed by atoms with van der Waals surface area (Å²) in [7, 11) is 0. The van der Waals surface area contributed by atoms with E-state index in [1.54, 1.807) is 23.5 Å². The molecule has 0 bridgehead atoms. The number of fused-ring (bicyclic) bond motifs is 3. The zero-order chi connectivity index (χ0) is 25.2. The SMILES string of the molecule is O=C(O)N1CCN(C/C=C/C(=O)N2CCc3c(sc4ncnc(Nc5ccc(F)c(Cl)c5)c34)C2)CC1. The minimum absolute atomic E-state index is 0.0300. The van der Waals surface area contributed by atoms with Crippen molar-refractivity contribution in [2.75, 3.05) is 44.6 Å². The van der Waals surface area contributed by atoms with E-state index < -0.39 is 11.9 Å². The topological polar surface area (TPSA) is 102 Å². The summed E-state index contributed by atoms with van der Waals surface area (Å²) in [6, 6.07) is 4.42. The highest BCUT2D eigenvalue weighted by Crippen LogP contribution is 2.38. The van der Waals surface area contributed by atoms with E-state index >= 15 is 0 Å². The second-order valence-corrected chi connectivity index (χ2v) is 10.1. The highest BCUT2D eigenvalue weighted by atomic mass is 35.5. The third-order valence-electron chi connectivity index (χ3n) is 6.40. The van der Waals surface area contributed by atoms with Gasteiger partial charge < -0.3 is 20.2 Å². The molecule has 1 fully saturated rings. The molecule has 0 unspecified atom stereocenters. The zero-order valence-electron chi connectivity index (χ0n) is 19.3. The Morgan fingerprint density at radius 1 is 1.17 bits per heavy atom. The summed E-state index contributed by atoms with van der Waals surface area (Å²) >= 11 is 7.47. The van der Waals surface area contributed by atoms with Crippen molar-refractivity contribution >= 4 is 56.7 Å². The summed E-state index contributed by atoms with van der Waals surface area (Å²) in [4.78, 5) is 39.9. The van der Waals surface area contributed by atoms with Crippen LogP contribution in [0.5, 0.6) is 0 Å². The third-order valence-corrected chi connectivity index (χ3v) is 7.81. The molecule has 9 nitrogen and oxygen atoms in total. The number of piperazine rings is 1. The minimum Gasteiger partial charge on any atom is -0.465 e. The number of benzene rings is 1. The van der Waals surface area contributed by atoms with Gasteiger partial charge in [0.1, 0.15) is 22.8 Å². The fourth-order valence-electron chi connectivity index (χ4n) is 4.45. The third kappa shape index (κ3) is 5.13. The molecule has 12 heteroatoms. The lowest BCUT2D eigenvalue weighted by Crippen LogP contribution is -2.48. The summed E-state index contributed by atoms with van der Waals surface area (Å²) in [6.45, 7) is 3.95. The Kier molecular flexibility index (Phi) is 7.04. The van der Waals surface area contributed by atoms with Crippen LogP contribution in [0.25, 0.3) is 10.2 Å². The lowest BCUT2D eigenvalue weighted by Gasteiger charge is -2.32. The van der Waals surface area contributed by atoms with E-state index in [1.165, 1.54) is 23.4 Å². The Hall–Kier alpha value is -3.28. The molecule has 0 atom stereocenters. The predicted octanol–water partition coefficient (Wildman–Crippen LogP) is 3.96. The summed E-state index contributed by atoms with van der Waals surface area (Å²) in [6.07, 6.45) is 4.73. The van der Waals surface area contributed by atoms with Crippen LogP contribution in [0.1, 0.15) is 10.4 Å². The first-order valence-electron chi connectivity index (χ1n) is 11.5. The smallest absolute Gasteiger partial charge is 0.407 e. The van der Waals surface area contributed by atoms with Crippen molar-refractivity contribution < 1.29 is 19.1 Å². The normalized spacial score (nSPS) is 16.5. The maximum absolute atomic E-state index is 13.5. The fourth-order valence-corrected chi connectivity index (χ4v) is 5.83. The molecule has 2 N–H and O–H groups in total. The zero-order valence-corrected chi connectivity index (χ0v) is 20.9. The van der Waals surface area contributed by atoms with Crippen LogP contribution in [0.15, 0.2) is 36.7 Å². The van der Waals surface area contributed by atoms with Crippen LogP contribution >= 0.6 is 22.9 Å². The van der Waals surface area contributed by atoms with Gasteiger partial charge in [-0.1, -0.05) is 17.7 Å². The first kappa shape index (κ1) is 24.4. The van der Waals surface area contributed by atoms with E-state index in [0.29, 0.717) is 63.7 Å². The van der Waals surface area contributed by atoms with Crippen molar-refractivity contribution in [3.8, 4) is 0 Å². The van der Waals surface area contributed by atoms with Crippen molar-refractivity contribution in [1.82, 2.24) is 24.7 Å². The number of amides is 2. The number of carbonyl (C=O) groups is 2. The van der Waals surface area contributed by atoms with E-state index in [9.17, 15) is 14.0 Å². The Morgan fingerprint density at radius 3 is 2.72 bits per heavy atom. The Bertz CT molecular complexity index is 1340. The number of nitrogens with zero attached hydrogens (tertiary/aromatic N) is 5. The summed E-state index contributed by atoms with van der Waals surface area (Å²) in [5.74, 6) is 0.0954. The summed E-state index contributed by atoms with van der Waals surface area (Å²) in [5.41, 5.74) is 1.75. The molecule has 188 valence electrons. The number of nitrogens with one attached hydrogen (secondary N) is 1. The summed E-state index contributed by atoms with van der Waals surface area (Å²) < 4.78 is 13.5. The molecule has 2 aromatic heterocycles. The molecule has 36 heavy (non-hydrogen) atoms. The molecule has 0 radical (unpaired) electrons. The van der Waals surface area contributed by atoms with Gasteiger partial charge in [0.15, 0.2) is 0 Å². The first-order valence-corrected chi connectivity index (χ1v) is 12.7. The van der Waals surface area contributed by atoms with Gasteiger partial charge in [0, 0.05) is 55.9 Å². The molecule has 1 aromatic carbocycles. The second-order valence-electron chi connectivity index (χ2n) is 8.64. The molecule has 4 heterocycles. The van der Waals surface area contributed by atoms with Crippen LogP contribution in [-0.2, 0) is 17.8 Å². The number of hydrogen-bond acceptors (Lipinski definition) is 7. The van der Waals surface area contributed by atoms with Gasteiger partial charge in [0.25, 0.3) is 0 Å². The monoisotopic (exact) mass is 530 g/mol. The van der Waals surface area contributed by atoms with Gasteiger partial charge in [0.2, 0.25) is 5.91 Å². The standard InChI is InChI=1S/C24H24ClFN6O3S/c25-17-12-15(3-4-18(17)26)29-22-21-16-5-7-32(13-19(16)36-23(21)28-14-27-22)20(33)2-1-6-30-8-10-31(11-9-30)24(34)35/h1-4,12,14H,5-11,13H2,(H,34,35)(H,27,28,29)/b2-1+. The number of rotatable bonds is 5. The highest BCUT2D eigenvalue weighted by molar-refractivity contribution is 7.19. The number of anilines is 2. The molecule has 0 aliphatic carbocycles. The van der Waals surface area contributed by atoms with Crippen molar-refractivity contribution in [3.05, 3.63) is 58.0 Å². The molecule has 2 aliphatic heterocycles. The second kappa shape index (κ2) is 10.4. The number of halogens is 2. The van der Waals surface area contributed by atoms with Gasteiger partial charge >= 0.3 is 6.09 Å². The number of thiophene rings is 1. The minimum atomic E-state index is -0.889. The quantitative estimate of drug-likeness (QED) is 0.481. The molecular formula is C24H24ClFN6O3S. The number of aromatic nitrogens is 2. The van der Waals surface area contributed by atoms with Gasteiger partial charge in [-0.2, -0.15) is 0 Å². The Morgan fingerprint density at radius 2 is 1.97 bits per heavy atom. The van der Waals surface area contributed by atoms with E-state index in [0.717, 1.165) is 20.7 Å². The predicted molar refractivity (Wildman–Crippen MR) is 136 cm³/mol. The molecule has 0 spiro atoms. The maximum Gasteiger partial charge on any atom is 0.407 e. The van der Waals surface area contributed by atoms with E-state index in [2.05, 4.69) is 20.2 Å². The van der Waals surface area contributed by atoms with Crippen molar-refractivity contribution in [2.45, 2.75) is 13.0 Å². The number of carboxylic acid groups (broad SMARTS) is 1. The molecule has 5 rings (SSSR count). The summed E-state index contributed by atoms with van der Waals surface area (Å²) in [5, 5.41) is 13.2. The van der Waals surface area contributed by atoms with Crippen molar-refractivity contribution in [1.29, 1.82) is 0 Å². The lowest BCUT2D eigenvalue weighted by atomic mass is 10.0. The van der Waals surface area contributed by atoms with Crippen LogP contribution in [0.3, 0.4) is 0 Å². The van der Waals surface area contributed by atoms with E-state index in [4.69, 9.17) is 16.7 Å². The lowest BCUT2D eigenvalue weighted by molar-refractivity contribution is -0.126. The molecular weight excluding hydrogens is 507 g/mol. The van der Waals surface area contributed by atoms with Crippen LogP contribution in [0, 0.1) is 5.82 Å².